The highest BCUT2D eigenvalue weighted by Gasteiger charge is 2.25. The summed E-state index contributed by atoms with van der Waals surface area (Å²) in [6.07, 6.45) is 2.19. The Bertz CT molecular complexity index is 1060. The van der Waals surface area contributed by atoms with Crippen molar-refractivity contribution in [3.05, 3.63) is 70.9 Å². The average Bonchev–Trinajstić information content (AvgIpc) is 3.18. The topological polar surface area (TPSA) is 39.3 Å². The second kappa shape index (κ2) is 9.18. The molecule has 1 atom stereocenters. The van der Waals surface area contributed by atoms with Crippen LogP contribution in [0.1, 0.15) is 41.4 Å². The third-order valence-corrected chi connectivity index (χ3v) is 6.16. The highest BCUT2D eigenvalue weighted by atomic mass is 19.1. The number of fused-ring (bicyclic) bond motifs is 1. The number of nitrogens with one attached hydrogen (secondary N) is 1. The number of nitrogens with zero attached hydrogens (tertiary/aromatic N) is 2. The minimum Gasteiger partial charge on any atom is -0.350 e. The summed E-state index contributed by atoms with van der Waals surface area (Å²) in [5, 5.41) is 0.239. The first kappa shape index (κ1) is 21.5. The summed E-state index contributed by atoms with van der Waals surface area (Å²) < 4.78 is 27.5. The Morgan fingerprint density at radius 3 is 2.71 bits per heavy atom. The summed E-state index contributed by atoms with van der Waals surface area (Å²) in [5.41, 5.74) is 3.17. The molecule has 6 heteroatoms. The second-order valence-electron chi connectivity index (χ2n) is 8.60. The van der Waals surface area contributed by atoms with Crippen LogP contribution < -0.4 is 0 Å². The Kier molecular flexibility index (Phi) is 6.37. The molecule has 0 spiro atoms. The molecule has 31 heavy (non-hydrogen) atoms. The molecule has 164 valence electrons. The number of piperidine rings is 1. The molecule has 2 heterocycles. The number of aromatic nitrogens is 1. The van der Waals surface area contributed by atoms with E-state index in [9.17, 15) is 13.6 Å². The van der Waals surface area contributed by atoms with Gasteiger partial charge in [0.05, 0.1) is 5.52 Å². The van der Waals surface area contributed by atoms with Crippen molar-refractivity contribution in [2.45, 2.75) is 33.2 Å². The first-order valence-electron chi connectivity index (χ1n) is 11.0. The van der Waals surface area contributed by atoms with Crippen molar-refractivity contribution >= 4 is 16.8 Å². The zero-order valence-corrected chi connectivity index (χ0v) is 18.1. The standard InChI is InChI=1S/C25H29F2N3O/c1-3-30(25(31)24-13-21-22(27)11-20(26)12-23(21)28-24)16-19-5-4-10-29(15-19)14-18-8-6-17(2)7-9-18/h6-9,11-13,19,28H,3-5,10,14-16H2,1-2H3. The minimum atomic E-state index is -0.660. The molecule has 1 unspecified atom stereocenters. The van der Waals surface area contributed by atoms with Crippen LogP contribution in [-0.4, -0.2) is 46.9 Å². The molecule has 4 nitrogen and oxygen atoms in total. The van der Waals surface area contributed by atoms with E-state index < -0.39 is 11.6 Å². The van der Waals surface area contributed by atoms with Gasteiger partial charge in [0.1, 0.15) is 17.3 Å². The average molecular weight is 426 g/mol. The number of hydrogen-bond donors (Lipinski definition) is 1. The number of amides is 1. The number of carbonyl (C=O) groups excluding carboxylic acids is 1. The Morgan fingerprint density at radius 1 is 1.19 bits per heavy atom. The van der Waals surface area contributed by atoms with Gasteiger partial charge in [0.2, 0.25) is 0 Å². The van der Waals surface area contributed by atoms with E-state index in [1.54, 1.807) is 4.90 Å². The third-order valence-electron chi connectivity index (χ3n) is 6.16. The van der Waals surface area contributed by atoms with Crippen LogP contribution in [0.25, 0.3) is 10.9 Å². The molecule has 1 amide bonds. The predicted octanol–water partition coefficient (Wildman–Crippen LogP) is 5.13. The molecule has 0 radical (unpaired) electrons. The predicted molar refractivity (Wildman–Crippen MR) is 119 cm³/mol. The summed E-state index contributed by atoms with van der Waals surface area (Å²) in [6.45, 7) is 8.21. The van der Waals surface area contributed by atoms with Crippen molar-refractivity contribution in [3.8, 4) is 0 Å². The minimum absolute atomic E-state index is 0.172. The van der Waals surface area contributed by atoms with Gasteiger partial charge in [0, 0.05) is 37.6 Å². The zero-order valence-electron chi connectivity index (χ0n) is 18.1. The van der Waals surface area contributed by atoms with Gasteiger partial charge < -0.3 is 9.88 Å². The number of carbonyl (C=O) groups is 1. The highest BCUT2D eigenvalue weighted by molar-refractivity contribution is 5.98. The normalized spacial score (nSPS) is 17.2. The fourth-order valence-corrected chi connectivity index (χ4v) is 4.51. The molecule has 0 aliphatic carbocycles. The Balaban J connectivity index is 1.42. The van der Waals surface area contributed by atoms with E-state index in [0.717, 1.165) is 38.5 Å². The maximum absolute atomic E-state index is 14.0. The van der Waals surface area contributed by atoms with Gasteiger partial charge in [0.25, 0.3) is 5.91 Å². The zero-order chi connectivity index (χ0) is 22.0. The summed E-state index contributed by atoms with van der Waals surface area (Å²) >= 11 is 0. The molecule has 2 aromatic carbocycles. The van der Waals surface area contributed by atoms with Crippen LogP contribution in [0, 0.1) is 24.5 Å². The largest absolute Gasteiger partial charge is 0.350 e. The molecule has 1 aliphatic heterocycles. The summed E-state index contributed by atoms with van der Waals surface area (Å²) in [5.74, 6) is -1.10. The molecule has 1 aromatic heterocycles. The van der Waals surface area contributed by atoms with E-state index in [1.807, 2.05) is 6.92 Å². The lowest BCUT2D eigenvalue weighted by molar-refractivity contribution is 0.0680. The molecule has 1 fully saturated rings. The molecular weight excluding hydrogens is 396 g/mol. The van der Waals surface area contributed by atoms with Gasteiger partial charge in [-0.2, -0.15) is 0 Å². The number of benzene rings is 2. The second-order valence-corrected chi connectivity index (χ2v) is 8.60. The van der Waals surface area contributed by atoms with Gasteiger partial charge in [0.15, 0.2) is 0 Å². The number of aromatic amines is 1. The lowest BCUT2D eigenvalue weighted by atomic mass is 9.96. The third kappa shape index (κ3) is 4.96. The van der Waals surface area contributed by atoms with E-state index in [0.29, 0.717) is 30.2 Å². The summed E-state index contributed by atoms with van der Waals surface area (Å²) in [4.78, 5) is 20.2. The van der Waals surface area contributed by atoms with Crippen LogP contribution in [0.2, 0.25) is 0 Å². The number of rotatable bonds is 6. The summed E-state index contributed by atoms with van der Waals surface area (Å²) in [7, 11) is 0. The lowest BCUT2D eigenvalue weighted by Crippen LogP contribution is -2.42. The number of likely N-dealkylation sites (tertiary alicyclic amines) is 1. The Morgan fingerprint density at radius 2 is 1.97 bits per heavy atom. The fourth-order valence-electron chi connectivity index (χ4n) is 4.51. The Hall–Kier alpha value is -2.73. The van der Waals surface area contributed by atoms with Crippen molar-refractivity contribution in [1.29, 1.82) is 0 Å². The molecule has 0 saturated carbocycles. The molecular formula is C25H29F2N3O. The molecule has 0 bridgehead atoms. The van der Waals surface area contributed by atoms with E-state index in [-0.39, 0.29) is 11.3 Å². The lowest BCUT2D eigenvalue weighted by Gasteiger charge is -2.35. The SMILES string of the molecule is CCN(CC1CCCN(Cc2ccc(C)cc2)C1)C(=O)c1cc2c(F)cc(F)cc2[nH]1. The number of halogens is 2. The van der Waals surface area contributed by atoms with E-state index >= 15 is 0 Å². The van der Waals surface area contributed by atoms with E-state index in [2.05, 4.69) is 41.1 Å². The van der Waals surface area contributed by atoms with Crippen LogP contribution in [0.5, 0.6) is 0 Å². The van der Waals surface area contributed by atoms with Crippen molar-refractivity contribution in [1.82, 2.24) is 14.8 Å². The van der Waals surface area contributed by atoms with Gasteiger partial charge >= 0.3 is 0 Å². The van der Waals surface area contributed by atoms with Crippen LogP contribution in [-0.2, 0) is 6.54 Å². The van der Waals surface area contributed by atoms with Crippen LogP contribution in [0.15, 0.2) is 42.5 Å². The monoisotopic (exact) mass is 425 g/mol. The first-order valence-corrected chi connectivity index (χ1v) is 11.0. The van der Waals surface area contributed by atoms with Crippen LogP contribution in [0.3, 0.4) is 0 Å². The van der Waals surface area contributed by atoms with Crippen LogP contribution >= 0.6 is 0 Å². The maximum atomic E-state index is 14.0. The summed E-state index contributed by atoms with van der Waals surface area (Å²) in [6, 6.07) is 12.2. The number of H-pyrrole nitrogens is 1. The van der Waals surface area contributed by atoms with E-state index in [4.69, 9.17) is 0 Å². The molecule has 3 aromatic rings. The number of hydrogen-bond acceptors (Lipinski definition) is 2. The Labute approximate surface area is 181 Å². The van der Waals surface area contributed by atoms with E-state index in [1.165, 1.54) is 23.3 Å². The number of aryl methyl sites for hydroxylation is 1. The van der Waals surface area contributed by atoms with Gasteiger partial charge in [-0.3, -0.25) is 9.69 Å². The van der Waals surface area contributed by atoms with Gasteiger partial charge in [-0.05, 0) is 56.8 Å². The molecule has 1 N–H and O–H groups in total. The van der Waals surface area contributed by atoms with Crippen molar-refractivity contribution in [2.24, 2.45) is 5.92 Å². The van der Waals surface area contributed by atoms with Gasteiger partial charge in [-0.25, -0.2) is 8.78 Å². The molecule has 4 rings (SSSR count). The van der Waals surface area contributed by atoms with Gasteiger partial charge in [-0.1, -0.05) is 29.8 Å². The van der Waals surface area contributed by atoms with Crippen molar-refractivity contribution < 1.29 is 13.6 Å². The molecule has 1 saturated heterocycles. The van der Waals surface area contributed by atoms with Crippen molar-refractivity contribution in [3.63, 3.8) is 0 Å². The smallest absolute Gasteiger partial charge is 0.270 e. The molecule has 1 aliphatic rings. The van der Waals surface area contributed by atoms with Gasteiger partial charge in [-0.15, -0.1) is 0 Å². The van der Waals surface area contributed by atoms with Crippen LogP contribution in [0.4, 0.5) is 8.78 Å². The first-order chi connectivity index (χ1) is 14.9. The fraction of sp³-hybridized carbons (Fsp3) is 0.400. The quantitative estimate of drug-likeness (QED) is 0.595. The maximum Gasteiger partial charge on any atom is 0.270 e. The van der Waals surface area contributed by atoms with Crippen molar-refractivity contribution in [2.75, 3.05) is 26.2 Å². The highest BCUT2D eigenvalue weighted by Crippen LogP contribution is 2.23.